The van der Waals surface area contributed by atoms with Crippen molar-refractivity contribution in [1.82, 2.24) is 0 Å². The molecule has 122 valence electrons. The molecule has 0 radical (unpaired) electrons. The van der Waals surface area contributed by atoms with Crippen LogP contribution in [0.2, 0.25) is 0 Å². The van der Waals surface area contributed by atoms with Crippen molar-refractivity contribution < 1.29 is 15.1 Å². The van der Waals surface area contributed by atoms with E-state index in [-0.39, 0.29) is 17.9 Å². The van der Waals surface area contributed by atoms with Crippen LogP contribution < -0.4 is 5.73 Å². The Balaban J connectivity index is 1.98. The molecule has 4 unspecified atom stereocenters. The number of nitrogens with zero attached hydrogens (tertiary/aromatic N) is 1. The van der Waals surface area contributed by atoms with Crippen molar-refractivity contribution in [3.8, 4) is 0 Å². The van der Waals surface area contributed by atoms with Crippen molar-refractivity contribution >= 4 is 6.21 Å². The van der Waals surface area contributed by atoms with Gasteiger partial charge in [-0.15, -0.1) is 0 Å². The highest BCUT2D eigenvalue weighted by atomic mass is 16.6. The Morgan fingerprint density at radius 2 is 2.19 bits per heavy atom. The molecule has 4 N–H and O–H groups in total. The summed E-state index contributed by atoms with van der Waals surface area (Å²) >= 11 is 0. The summed E-state index contributed by atoms with van der Waals surface area (Å²) in [6.07, 6.45) is 8.56. The van der Waals surface area contributed by atoms with Crippen molar-refractivity contribution in [1.29, 1.82) is 0 Å². The molecule has 0 aromatic carbocycles. The Hall–Kier alpha value is -0.650. The molecule has 2 aliphatic rings. The van der Waals surface area contributed by atoms with Crippen LogP contribution in [0.3, 0.4) is 0 Å². The molecule has 2 saturated carbocycles. The second kappa shape index (κ2) is 7.07. The van der Waals surface area contributed by atoms with Gasteiger partial charge in [0.25, 0.3) is 0 Å². The van der Waals surface area contributed by atoms with E-state index in [0.717, 1.165) is 44.9 Å². The topological polar surface area (TPSA) is 88.1 Å². The second-order valence-corrected chi connectivity index (χ2v) is 6.95. The van der Waals surface area contributed by atoms with Gasteiger partial charge in [0.2, 0.25) is 0 Å². The molecule has 0 saturated heterocycles. The third-order valence-electron chi connectivity index (χ3n) is 5.74. The lowest BCUT2D eigenvalue weighted by Crippen LogP contribution is -2.50. The van der Waals surface area contributed by atoms with E-state index in [1.54, 1.807) is 0 Å². The largest absolute Gasteiger partial charge is 0.396 e. The van der Waals surface area contributed by atoms with E-state index in [9.17, 15) is 5.11 Å². The third kappa shape index (κ3) is 3.41. The SMILES string of the molecule is CC12CCC(CCCO)CC1(O)CCC2/C=N/OCCN. The molecule has 4 atom stereocenters. The van der Waals surface area contributed by atoms with Crippen molar-refractivity contribution in [2.24, 2.45) is 28.1 Å². The first kappa shape index (κ1) is 16.7. The van der Waals surface area contributed by atoms with Crippen LogP contribution in [0, 0.1) is 17.3 Å². The first-order valence-corrected chi connectivity index (χ1v) is 8.24. The molecule has 0 aromatic heterocycles. The van der Waals surface area contributed by atoms with Gasteiger partial charge in [-0.05, 0) is 50.9 Å². The summed E-state index contributed by atoms with van der Waals surface area (Å²) in [6.45, 7) is 3.35. The Morgan fingerprint density at radius 1 is 1.38 bits per heavy atom. The summed E-state index contributed by atoms with van der Waals surface area (Å²) in [5.74, 6) is 0.818. The highest BCUT2D eigenvalue weighted by molar-refractivity contribution is 5.62. The van der Waals surface area contributed by atoms with E-state index >= 15 is 0 Å². The zero-order chi connectivity index (χ0) is 15.3. The molecule has 5 heteroatoms. The smallest absolute Gasteiger partial charge is 0.129 e. The van der Waals surface area contributed by atoms with Crippen LogP contribution in [-0.2, 0) is 4.84 Å². The fraction of sp³-hybridized carbons (Fsp3) is 0.938. The van der Waals surface area contributed by atoms with E-state index in [1.165, 1.54) is 0 Å². The van der Waals surface area contributed by atoms with E-state index in [1.807, 2.05) is 6.21 Å². The van der Waals surface area contributed by atoms with Crippen molar-refractivity contribution in [3.05, 3.63) is 0 Å². The summed E-state index contributed by atoms with van der Waals surface area (Å²) in [6, 6.07) is 0. The number of rotatable bonds is 7. The Kier molecular flexibility index (Phi) is 5.63. The summed E-state index contributed by atoms with van der Waals surface area (Å²) in [5.41, 5.74) is 4.69. The van der Waals surface area contributed by atoms with Gasteiger partial charge < -0.3 is 20.8 Å². The average Bonchev–Trinajstić information content (AvgIpc) is 2.73. The molecule has 0 spiro atoms. The van der Waals surface area contributed by atoms with Gasteiger partial charge in [-0.25, -0.2) is 0 Å². The van der Waals surface area contributed by atoms with Crippen LogP contribution in [0.25, 0.3) is 0 Å². The average molecular weight is 298 g/mol. The molecular formula is C16H30N2O3. The number of fused-ring (bicyclic) bond motifs is 1. The lowest BCUT2D eigenvalue weighted by Gasteiger charge is -2.48. The molecular weight excluding hydrogens is 268 g/mol. The predicted molar refractivity (Wildman–Crippen MR) is 82.9 cm³/mol. The highest BCUT2D eigenvalue weighted by Gasteiger charge is 2.58. The minimum atomic E-state index is -0.587. The Bertz CT molecular complexity index is 363. The molecule has 2 rings (SSSR count). The second-order valence-electron chi connectivity index (χ2n) is 6.95. The number of aliphatic hydroxyl groups excluding tert-OH is 1. The van der Waals surface area contributed by atoms with Gasteiger partial charge in [0.1, 0.15) is 6.61 Å². The van der Waals surface area contributed by atoms with E-state index in [4.69, 9.17) is 15.7 Å². The molecule has 0 aromatic rings. The van der Waals surface area contributed by atoms with Crippen molar-refractivity contribution in [3.63, 3.8) is 0 Å². The van der Waals surface area contributed by atoms with Gasteiger partial charge in [-0.2, -0.15) is 0 Å². The van der Waals surface area contributed by atoms with Crippen LogP contribution in [0.15, 0.2) is 5.16 Å². The monoisotopic (exact) mass is 298 g/mol. The third-order valence-corrected chi connectivity index (χ3v) is 5.74. The lowest BCUT2D eigenvalue weighted by molar-refractivity contribution is -0.107. The fourth-order valence-corrected chi connectivity index (χ4v) is 4.27. The number of hydrogen-bond acceptors (Lipinski definition) is 5. The normalized spacial score (nSPS) is 39.6. The Labute approximate surface area is 127 Å². The molecule has 0 amide bonds. The number of hydrogen-bond donors (Lipinski definition) is 3. The van der Waals surface area contributed by atoms with Crippen LogP contribution in [-0.4, -0.2) is 41.8 Å². The summed E-state index contributed by atoms with van der Waals surface area (Å²) in [4.78, 5) is 5.11. The first-order chi connectivity index (χ1) is 10.1. The molecule has 0 aliphatic heterocycles. The molecule has 0 heterocycles. The minimum Gasteiger partial charge on any atom is -0.396 e. The first-order valence-electron chi connectivity index (χ1n) is 8.24. The standard InChI is InChI=1S/C16H30N2O3/c1-15-6-4-13(3-2-9-19)11-16(15,20)7-5-14(15)12-18-21-10-8-17/h12-14,19-20H,2-11,17H2,1H3/b18-12+. The minimum absolute atomic E-state index is 0.0989. The maximum Gasteiger partial charge on any atom is 0.129 e. The van der Waals surface area contributed by atoms with Crippen LogP contribution in [0.1, 0.15) is 51.9 Å². The van der Waals surface area contributed by atoms with Gasteiger partial charge in [-0.1, -0.05) is 12.1 Å². The number of oxime groups is 1. The zero-order valence-electron chi connectivity index (χ0n) is 13.1. The quantitative estimate of drug-likeness (QED) is 0.379. The molecule has 2 aliphatic carbocycles. The van der Waals surface area contributed by atoms with Gasteiger partial charge in [0, 0.05) is 30.7 Å². The number of nitrogens with two attached hydrogens (primary N) is 1. The maximum absolute atomic E-state index is 11.1. The van der Waals surface area contributed by atoms with Crippen LogP contribution in [0.4, 0.5) is 0 Å². The predicted octanol–water partition coefficient (Wildman–Crippen LogP) is 1.67. The highest BCUT2D eigenvalue weighted by Crippen LogP contribution is 2.59. The van der Waals surface area contributed by atoms with Gasteiger partial charge in [0.05, 0.1) is 5.60 Å². The molecule has 21 heavy (non-hydrogen) atoms. The van der Waals surface area contributed by atoms with Gasteiger partial charge in [0.15, 0.2) is 0 Å². The van der Waals surface area contributed by atoms with Crippen molar-refractivity contribution in [2.45, 2.75) is 57.5 Å². The van der Waals surface area contributed by atoms with Crippen molar-refractivity contribution in [2.75, 3.05) is 19.8 Å². The molecule has 5 nitrogen and oxygen atoms in total. The maximum atomic E-state index is 11.1. The van der Waals surface area contributed by atoms with Crippen LogP contribution >= 0.6 is 0 Å². The van der Waals surface area contributed by atoms with Crippen LogP contribution in [0.5, 0.6) is 0 Å². The molecule has 2 fully saturated rings. The summed E-state index contributed by atoms with van der Waals surface area (Å²) in [5, 5.41) is 24.1. The summed E-state index contributed by atoms with van der Waals surface area (Å²) < 4.78 is 0. The van der Waals surface area contributed by atoms with E-state index in [0.29, 0.717) is 19.1 Å². The van der Waals surface area contributed by atoms with Gasteiger partial charge in [-0.3, -0.25) is 0 Å². The lowest BCUT2D eigenvalue weighted by atomic mass is 9.60. The summed E-state index contributed by atoms with van der Waals surface area (Å²) in [7, 11) is 0. The van der Waals surface area contributed by atoms with E-state index < -0.39 is 5.60 Å². The Morgan fingerprint density at radius 3 is 2.90 bits per heavy atom. The number of aliphatic hydroxyl groups is 2. The van der Waals surface area contributed by atoms with E-state index in [2.05, 4.69) is 12.1 Å². The zero-order valence-corrected chi connectivity index (χ0v) is 13.1. The fourth-order valence-electron chi connectivity index (χ4n) is 4.27. The van der Waals surface area contributed by atoms with Gasteiger partial charge >= 0.3 is 0 Å². The molecule has 0 bridgehead atoms.